The van der Waals surface area contributed by atoms with Gasteiger partial charge in [0, 0.05) is 12.6 Å². The number of hydrogen-bond donors (Lipinski definition) is 0. The fourth-order valence-corrected chi connectivity index (χ4v) is 4.47. The van der Waals surface area contributed by atoms with E-state index in [0.29, 0.717) is 0 Å². The minimum atomic E-state index is 0.897. The van der Waals surface area contributed by atoms with Crippen molar-refractivity contribution in [2.24, 2.45) is 11.8 Å². The molecule has 0 aromatic carbocycles. The van der Waals surface area contributed by atoms with E-state index in [4.69, 9.17) is 0 Å². The molecule has 1 atom stereocenters. The van der Waals surface area contributed by atoms with Crippen molar-refractivity contribution in [2.75, 3.05) is 32.7 Å². The summed E-state index contributed by atoms with van der Waals surface area (Å²) in [6, 6.07) is 0.897. The van der Waals surface area contributed by atoms with Gasteiger partial charge in [0.25, 0.3) is 0 Å². The van der Waals surface area contributed by atoms with E-state index >= 15 is 0 Å². The quantitative estimate of drug-likeness (QED) is 0.771. The van der Waals surface area contributed by atoms with E-state index in [1.807, 2.05) is 0 Å². The van der Waals surface area contributed by atoms with Crippen LogP contribution < -0.4 is 0 Å². The van der Waals surface area contributed by atoms with Crippen LogP contribution in [0.15, 0.2) is 0 Å². The zero-order chi connectivity index (χ0) is 13.1. The molecule has 2 saturated heterocycles. The van der Waals surface area contributed by atoms with Crippen molar-refractivity contribution >= 4 is 0 Å². The van der Waals surface area contributed by atoms with Crippen LogP contribution in [0.1, 0.15) is 58.3 Å². The summed E-state index contributed by atoms with van der Waals surface area (Å²) < 4.78 is 0. The van der Waals surface area contributed by atoms with Gasteiger partial charge in [-0.25, -0.2) is 0 Å². The Hall–Kier alpha value is -0.0800. The van der Waals surface area contributed by atoms with Gasteiger partial charge in [0.1, 0.15) is 0 Å². The predicted octanol–water partition coefficient (Wildman–Crippen LogP) is 3.37. The van der Waals surface area contributed by atoms with Crippen LogP contribution in [0.4, 0.5) is 0 Å². The molecule has 1 saturated carbocycles. The average molecular weight is 264 g/mol. The maximum absolute atomic E-state index is 2.79. The van der Waals surface area contributed by atoms with Crippen LogP contribution in [0.2, 0.25) is 0 Å². The molecule has 0 amide bonds. The summed E-state index contributed by atoms with van der Waals surface area (Å²) in [7, 11) is 0. The molecule has 110 valence electrons. The zero-order valence-corrected chi connectivity index (χ0v) is 12.8. The molecule has 19 heavy (non-hydrogen) atoms. The van der Waals surface area contributed by atoms with E-state index < -0.39 is 0 Å². The van der Waals surface area contributed by atoms with Crippen LogP contribution in [0.25, 0.3) is 0 Å². The fourth-order valence-electron chi connectivity index (χ4n) is 4.47. The highest BCUT2D eigenvalue weighted by atomic mass is 15.3. The molecule has 0 aromatic heterocycles. The Morgan fingerprint density at radius 3 is 2.53 bits per heavy atom. The van der Waals surface area contributed by atoms with Gasteiger partial charge >= 0.3 is 0 Å². The van der Waals surface area contributed by atoms with Crippen LogP contribution in [0.5, 0.6) is 0 Å². The predicted molar refractivity (Wildman–Crippen MR) is 81.4 cm³/mol. The fraction of sp³-hybridized carbons (Fsp3) is 1.00. The molecule has 1 unspecified atom stereocenters. The average Bonchev–Trinajstić information content (AvgIpc) is 2.76. The van der Waals surface area contributed by atoms with E-state index in [2.05, 4.69) is 16.7 Å². The molecule has 0 aromatic rings. The molecule has 2 heteroatoms. The van der Waals surface area contributed by atoms with Gasteiger partial charge < -0.3 is 4.90 Å². The smallest absolute Gasteiger partial charge is 0.0223 e. The highest BCUT2D eigenvalue weighted by molar-refractivity contribution is 4.85. The second-order valence-corrected chi connectivity index (χ2v) is 7.40. The molecule has 1 aliphatic carbocycles. The monoisotopic (exact) mass is 264 g/mol. The minimum absolute atomic E-state index is 0.897. The van der Waals surface area contributed by atoms with Gasteiger partial charge in [-0.05, 0) is 63.7 Å². The maximum atomic E-state index is 2.79. The second-order valence-electron chi connectivity index (χ2n) is 7.40. The summed E-state index contributed by atoms with van der Waals surface area (Å²) in [5.41, 5.74) is 0. The first-order chi connectivity index (χ1) is 9.31. The Bertz CT molecular complexity index is 270. The molecule has 2 nitrogen and oxygen atoms in total. The molecule has 3 rings (SSSR count). The summed E-state index contributed by atoms with van der Waals surface area (Å²) in [5.74, 6) is 2.04. The summed E-state index contributed by atoms with van der Waals surface area (Å²) in [6.07, 6.45) is 11.8. The van der Waals surface area contributed by atoms with E-state index in [-0.39, 0.29) is 0 Å². The molecular formula is C17H32N2. The molecule has 2 aliphatic heterocycles. The van der Waals surface area contributed by atoms with Gasteiger partial charge in [0.15, 0.2) is 0 Å². The molecule has 0 spiro atoms. The van der Waals surface area contributed by atoms with Crippen molar-refractivity contribution < 1.29 is 0 Å². The summed E-state index contributed by atoms with van der Waals surface area (Å²) in [5, 5.41) is 0. The Balaban J connectivity index is 1.42. The Morgan fingerprint density at radius 2 is 1.68 bits per heavy atom. The summed E-state index contributed by atoms with van der Waals surface area (Å²) >= 11 is 0. The third-order valence-corrected chi connectivity index (χ3v) is 5.88. The standard InChI is InChI=1S/C17H32N2/c1-15-5-7-16(8-6-15)9-13-18-10-3-12-19-11-2-4-17(19)14-18/h15-17H,2-14H2,1H3. The molecule has 0 bridgehead atoms. The first-order valence-corrected chi connectivity index (χ1v) is 8.77. The first kappa shape index (κ1) is 13.9. The minimum Gasteiger partial charge on any atom is -0.302 e. The van der Waals surface area contributed by atoms with Crippen molar-refractivity contribution in [3.63, 3.8) is 0 Å². The number of rotatable bonds is 3. The number of nitrogens with zero attached hydrogens (tertiary/aromatic N) is 2. The normalized spacial score (nSPS) is 38.1. The van der Waals surface area contributed by atoms with Gasteiger partial charge in [0.05, 0.1) is 0 Å². The second kappa shape index (κ2) is 6.58. The van der Waals surface area contributed by atoms with Crippen molar-refractivity contribution in [1.82, 2.24) is 9.80 Å². The summed E-state index contributed by atoms with van der Waals surface area (Å²) in [4.78, 5) is 5.54. The highest BCUT2D eigenvalue weighted by Gasteiger charge is 2.28. The van der Waals surface area contributed by atoms with Gasteiger partial charge in [-0.15, -0.1) is 0 Å². The molecule has 0 radical (unpaired) electrons. The van der Waals surface area contributed by atoms with Gasteiger partial charge in [-0.3, -0.25) is 4.90 Å². The first-order valence-electron chi connectivity index (χ1n) is 8.77. The largest absolute Gasteiger partial charge is 0.302 e. The van der Waals surface area contributed by atoms with Crippen LogP contribution in [-0.2, 0) is 0 Å². The lowest BCUT2D eigenvalue weighted by molar-refractivity contribution is 0.195. The molecule has 0 N–H and O–H groups in total. The van der Waals surface area contributed by atoms with Gasteiger partial charge in [0.2, 0.25) is 0 Å². The van der Waals surface area contributed by atoms with Crippen LogP contribution in [0.3, 0.4) is 0 Å². The molecule has 3 fully saturated rings. The molecule has 3 aliphatic rings. The van der Waals surface area contributed by atoms with E-state index in [9.17, 15) is 0 Å². The van der Waals surface area contributed by atoms with Crippen molar-refractivity contribution in [3.05, 3.63) is 0 Å². The lowest BCUT2D eigenvalue weighted by Gasteiger charge is -2.30. The van der Waals surface area contributed by atoms with Gasteiger partial charge in [-0.2, -0.15) is 0 Å². The maximum Gasteiger partial charge on any atom is 0.0223 e. The van der Waals surface area contributed by atoms with Crippen molar-refractivity contribution in [3.8, 4) is 0 Å². The number of hydrogen-bond acceptors (Lipinski definition) is 2. The van der Waals surface area contributed by atoms with E-state index in [0.717, 1.165) is 17.9 Å². The Labute approximate surface area is 119 Å². The van der Waals surface area contributed by atoms with Crippen molar-refractivity contribution in [2.45, 2.75) is 64.3 Å². The SMILES string of the molecule is CC1CCC(CCN2CCCN3CCCC3C2)CC1. The third kappa shape index (κ3) is 3.72. The lowest BCUT2D eigenvalue weighted by atomic mass is 9.81. The topological polar surface area (TPSA) is 6.48 Å². The Kier molecular flexibility index (Phi) is 4.81. The van der Waals surface area contributed by atoms with Crippen LogP contribution in [-0.4, -0.2) is 48.6 Å². The lowest BCUT2D eigenvalue weighted by Crippen LogP contribution is -2.37. The zero-order valence-electron chi connectivity index (χ0n) is 12.8. The summed E-state index contributed by atoms with van der Waals surface area (Å²) in [6.45, 7) is 9.27. The van der Waals surface area contributed by atoms with Crippen LogP contribution >= 0.6 is 0 Å². The third-order valence-electron chi connectivity index (χ3n) is 5.88. The van der Waals surface area contributed by atoms with E-state index in [1.54, 1.807) is 0 Å². The van der Waals surface area contributed by atoms with Crippen LogP contribution in [0, 0.1) is 11.8 Å². The van der Waals surface area contributed by atoms with Gasteiger partial charge in [-0.1, -0.05) is 32.6 Å². The van der Waals surface area contributed by atoms with E-state index in [1.165, 1.54) is 84.1 Å². The Morgan fingerprint density at radius 1 is 0.895 bits per heavy atom. The van der Waals surface area contributed by atoms with Crippen molar-refractivity contribution in [1.29, 1.82) is 0 Å². The number of fused-ring (bicyclic) bond motifs is 1. The highest BCUT2D eigenvalue weighted by Crippen LogP contribution is 2.30. The molecule has 2 heterocycles. The molecular weight excluding hydrogens is 232 g/mol.